The number of rotatable bonds is 5. The van der Waals surface area contributed by atoms with Gasteiger partial charge in [-0.3, -0.25) is 4.79 Å². The van der Waals surface area contributed by atoms with Crippen LogP contribution in [0.15, 0.2) is 35.3 Å². The van der Waals surface area contributed by atoms with Crippen molar-refractivity contribution in [3.05, 3.63) is 51.4 Å². The van der Waals surface area contributed by atoms with Crippen molar-refractivity contribution in [1.29, 1.82) is 0 Å². The van der Waals surface area contributed by atoms with Crippen LogP contribution in [-0.4, -0.2) is 41.6 Å². The van der Waals surface area contributed by atoms with Crippen molar-refractivity contribution in [2.45, 2.75) is 76.4 Å². The van der Waals surface area contributed by atoms with Crippen LogP contribution in [0.25, 0.3) is 0 Å². The Morgan fingerprint density at radius 2 is 1.91 bits per heavy atom. The first-order valence-corrected chi connectivity index (χ1v) is 12.9. The van der Waals surface area contributed by atoms with E-state index in [9.17, 15) is 4.79 Å². The SMILES string of the molecule is CC1CCc2ccccc2N1[C@H]1CC[C@H](n2ncc(NC[C@@H]3CCCOC3)c(Cl)c2=O)CC1. The van der Waals surface area contributed by atoms with Crippen LogP contribution in [0, 0.1) is 5.92 Å². The predicted octanol–water partition coefficient (Wildman–Crippen LogP) is 5.06. The molecule has 1 saturated carbocycles. The van der Waals surface area contributed by atoms with Gasteiger partial charge >= 0.3 is 0 Å². The third-order valence-corrected chi connectivity index (χ3v) is 8.13. The third kappa shape index (κ3) is 4.78. The van der Waals surface area contributed by atoms with E-state index in [0.717, 1.165) is 64.7 Å². The van der Waals surface area contributed by atoms with Gasteiger partial charge in [0, 0.05) is 30.9 Å². The van der Waals surface area contributed by atoms with Crippen LogP contribution in [0.2, 0.25) is 5.02 Å². The summed E-state index contributed by atoms with van der Waals surface area (Å²) in [6, 6.07) is 10.0. The van der Waals surface area contributed by atoms with Crippen LogP contribution in [0.5, 0.6) is 0 Å². The molecule has 33 heavy (non-hydrogen) atoms. The van der Waals surface area contributed by atoms with Crippen LogP contribution in [0.1, 0.15) is 63.5 Å². The maximum atomic E-state index is 13.0. The second kappa shape index (κ2) is 10.1. The first-order valence-electron chi connectivity index (χ1n) is 12.6. The van der Waals surface area contributed by atoms with Gasteiger partial charge in [-0.2, -0.15) is 5.10 Å². The topological polar surface area (TPSA) is 59.4 Å². The van der Waals surface area contributed by atoms with Crippen molar-refractivity contribution in [3.8, 4) is 0 Å². The molecule has 178 valence electrons. The summed E-state index contributed by atoms with van der Waals surface area (Å²) in [5.74, 6) is 0.454. The number of ether oxygens (including phenoxy) is 1. The molecule has 1 aromatic carbocycles. The fourth-order valence-electron chi connectivity index (χ4n) is 5.90. The van der Waals surface area contributed by atoms with Gasteiger partial charge in [-0.1, -0.05) is 29.8 Å². The van der Waals surface area contributed by atoms with E-state index in [-0.39, 0.29) is 16.6 Å². The number of fused-ring (bicyclic) bond motifs is 1. The number of aryl methyl sites for hydroxylation is 1. The molecule has 1 unspecified atom stereocenters. The summed E-state index contributed by atoms with van der Waals surface area (Å²) in [5, 5.41) is 8.10. The van der Waals surface area contributed by atoms with Gasteiger partial charge in [0.05, 0.1) is 24.5 Å². The highest BCUT2D eigenvalue weighted by atomic mass is 35.5. The van der Waals surface area contributed by atoms with Crippen molar-refractivity contribution in [3.63, 3.8) is 0 Å². The molecule has 2 aromatic rings. The minimum Gasteiger partial charge on any atom is -0.382 e. The van der Waals surface area contributed by atoms with Crippen molar-refractivity contribution in [2.75, 3.05) is 30.0 Å². The molecule has 0 spiro atoms. The maximum absolute atomic E-state index is 13.0. The molecule has 0 bridgehead atoms. The monoisotopic (exact) mass is 470 g/mol. The van der Waals surface area contributed by atoms with Crippen molar-refractivity contribution in [2.24, 2.45) is 5.92 Å². The summed E-state index contributed by atoms with van der Waals surface area (Å²) in [4.78, 5) is 15.7. The minimum atomic E-state index is -0.179. The Bertz CT molecular complexity index is 1010. The van der Waals surface area contributed by atoms with E-state index in [1.807, 2.05) is 0 Å². The van der Waals surface area contributed by atoms with Crippen LogP contribution in [0.4, 0.5) is 11.4 Å². The second-order valence-corrected chi connectivity index (χ2v) is 10.4. The third-order valence-electron chi connectivity index (χ3n) is 7.76. The van der Waals surface area contributed by atoms with E-state index in [1.165, 1.54) is 17.7 Å². The molecule has 1 aliphatic carbocycles. The Morgan fingerprint density at radius 1 is 1.12 bits per heavy atom. The summed E-state index contributed by atoms with van der Waals surface area (Å²) in [6.45, 7) is 4.71. The molecule has 6 nitrogen and oxygen atoms in total. The van der Waals surface area contributed by atoms with Gasteiger partial charge in [0.2, 0.25) is 0 Å². The predicted molar refractivity (Wildman–Crippen MR) is 134 cm³/mol. The largest absolute Gasteiger partial charge is 0.382 e. The highest BCUT2D eigenvalue weighted by molar-refractivity contribution is 6.32. The van der Waals surface area contributed by atoms with Gasteiger partial charge in [0.15, 0.2) is 0 Å². The van der Waals surface area contributed by atoms with Gasteiger partial charge in [-0.15, -0.1) is 0 Å². The number of nitrogens with zero attached hydrogens (tertiary/aromatic N) is 3. The van der Waals surface area contributed by atoms with Gasteiger partial charge in [0.1, 0.15) is 5.02 Å². The van der Waals surface area contributed by atoms with Crippen molar-refractivity contribution in [1.82, 2.24) is 9.78 Å². The highest BCUT2D eigenvalue weighted by Crippen LogP contribution is 2.38. The van der Waals surface area contributed by atoms with E-state index < -0.39 is 0 Å². The first kappa shape index (κ1) is 22.7. The molecule has 2 fully saturated rings. The average Bonchev–Trinajstić information content (AvgIpc) is 2.86. The molecule has 3 heterocycles. The quantitative estimate of drug-likeness (QED) is 0.661. The van der Waals surface area contributed by atoms with Crippen LogP contribution in [0.3, 0.4) is 0 Å². The summed E-state index contributed by atoms with van der Waals surface area (Å²) in [7, 11) is 0. The lowest BCUT2D eigenvalue weighted by atomic mass is 9.86. The number of hydrogen-bond donors (Lipinski definition) is 1. The number of benzene rings is 1. The fourth-order valence-corrected chi connectivity index (χ4v) is 6.11. The smallest absolute Gasteiger partial charge is 0.287 e. The lowest BCUT2D eigenvalue weighted by Gasteiger charge is -2.45. The Morgan fingerprint density at radius 3 is 2.70 bits per heavy atom. The van der Waals surface area contributed by atoms with Crippen LogP contribution in [-0.2, 0) is 11.2 Å². The summed E-state index contributed by atoms with van der Waals surface area (Å²) >= 11 is 6.49. The van der Waals surface area contributed by atoms with Crippen LogP contribution < -0.4 is 15.8 Å². The Hall–Kier alpha value is -2.05. The number of aromatic nitrogens is 2. The average molecular weight is 471 g/mol. The van der Waals surface area contributed by atoms with E-state index in [4.69, 9.17) is 16.3 Å². The molecule has 0 amide bonds. The number of hydrogen-bond acceptors (Lipinski definition) is 5. The van der Waals surface area contributed by atoms with Crippen molar-refractivity contribution < 1.29 is 4.74 Å². The Kier molecular flexibility index (Phi) is 6.93. The molecule has 1 saturated heterocycles. The summed E-state index contributed by atoms with van der Waals surface area (Å²) in [6.07, 6.45) is 10.3. The zero-order valence-corrected chi connectivity index (χ0v) is 20.3. The highest BCUT2D eigenvalue weighted by Gasteiger charge is 2.33. The molecule has 5 rings (SSSR count). The standard InChI is InChI=1S/C26H35ClN4O2/c1-18-8-9-20-6-2-3-7-24(20)30(18)21-10-12-22(13-11-21)31-26(32)25(27)23(16-29-31)28-15-19-5-4-14-33-17-19/h2-3,6-7,16,18-19,21-22,28H,4-5,8-15,17H2,1H3/t18?,19-,21-,22-/m0/s1. The number of halogens is 1. The first-order chi connectivity index (χ1) is 16.1. The van der Waals surface area contributed by atoms with E-state index in [0.29, 0.717) is 23.7 Å². The van der Waals surface area contributed by atoms with Gasteiger partial charge in [-0.25, -0.2) is 4.68 Å². The molecular weight excluding hydrogens is 436 g/mol. The summed E-state index contributed by atoms with van der Waals surface area (Å²) in [5.41, 5.74) is 3.32. The normalized spacial score (nSPS) is 27.8. The van der Waals surface area contributed by atoms with E-state index in [1.54, 1.807) is 10.9 Å². The minimum absolute atomic E-state index is 0.113. The fraction of sp³-hybridized carbons (Fsp3) is 0.615. The lowest BCUT2D eigenvalue weighted by Crippen LogP contribution is -2.47. The molecule has 0 radical (unpaired) electrons. The molecule has 1 N–H and O–H groups in total. The Balaban J connectivity index is 1.24. The maximum Gasteiger partial charge on any atom is 0.287 e. The van der Waals surface area contributed by atoms with Gasteiger partial charge in [-0.05, 0) is 75.8 Å². The Labute approximate surface area is 201 Å². The second-order valence-electron chi connectivity index (χ2n) is 9.97. The number of nitrogens with one attached hydrogen (secondary N) is 1. The van der Waals surface area contributed by atoms with Gasteiger partial charge < -0.3 is 15.0 Å². The van der Waals surface area contributed by atoms with Gasteiger partial charge in [0.25, 0.3) is 5.56 Å². The van der Waals surface area contributed by atoms with Crippen molar-refractivity contribution >= 4 is 23.0 Å². The molecule has 2 aliphatic heterocycles. The molecule has 1 aromatic heterocycles. The number of anilines is 2. The molecule has 3 aliphatic rings. The lowest BCUT2D eigenvalue weighted by molar-refractivity contribution is 0.0595. The molecule has 2 atom stereocenters. The number of para-hydroxylation sites is 1. The molecular formula is C26H35ClN4O2. The summed E-state index contributed by atoms with van der Waals surface area (Å²) < 4.78 is 7.17. The molecule has 7 heteroatoms. The zero-order valence-electron chi connectivity index (χ0n) is 19.5. The van der Waals surface area contributed by atoms with Crippen LogP contribution >= 0.6 is 11.6 Å². The zero-order chi connectivity index (χ0) is 22.8. The van der Waals surface area contributed by atoms with E-state index in [2.05, 4.69) is 46.5 Å². The van der Waals surface area contributed by atoms with E-state index >= 15 is 0 Å².